The highest BCUT2D eigenvalue weighted by atomic mass is 16.4. The smallest absolute Gasteiger partial charge is 0.256 e. The Kier molecular flexibility index (Phi) is 5.91. The molecule has 0 fully saturated rings. The van der Waals surface area contributed by atoms with Gasteiger partial charge in [-0.2, -0.15) is 0 Å². The summed E-state index contributed by atoms with van der Waals surface area (Å²) in [4.78, 5) is 11.7. The minimum absolute atomic E-state index is 0.200. The zero-order valence-electron chi connectivity index (χ0n) is 10.6. The van der Waals surface area contributed by atoms with E-state index in [0.29, 0.717) is 5.69 Å². The maximum absolute atomic E-state index is 11.7. The number of benzene rings is 1. The van der Waals surface area contributed by atoms with Gasteiger partial charge in [0.1, 0.15) is 12.2 Å². The van der Waals surface area contributed by atoms with Crippen LogP contribution in [0, 0.1) is 0 Å². The topological polar surface area (TPSA) is 110 Å². The van der Waals surface area contributed by atoms with Crippen molar-refractivity contribution >= 4 is 11.6 Å². The van der Waals surface area contributed by atoms with Gasteiger partial charge in [0.25, 0.3) is 5.91 Å². The molecule has 0 saturated heterocycles. The average molecular weight is 269 g/mol. The number of para-hydroxylation sites is 1. The molecule has 1 aromatic carbocycles. The molecule has 0 aliphatic carbocycles. The molecule has 0 bridgehead atoms. The lowest BCUT2D eigenvalue weighted by molar-refractivity contribution is -0.142. The predicted octanol–water partition coefficient (Wildman–Crippen LogP) is -0.521. The molecule has 106 valence electrons. The zero-order valence-corrected chi connectivity index (χ0v) is 10.6. The first-order valence-electron chi connectivity index (χ1n) is 6.05. The third kappa shape index (κ3) is 4.29. The summed E-state index contributed by atoms with van der Waals surface area (Å²) in [6, 6.07) is 8.41. The largest absolute Gasteiger partial charge is 0.390 e. The molecule has 1 rings (SSSR count). The molecular formula is C13H19NO5. The molecule has 0 aliphatic heterocycles. The Hall–Kier alpha value is -1.47. The third-order valence-corrected chi connectivity index (χ3v) is 2.80. The average Bonchev–Trinajstić information content (AvgIpc) is 2.44. The van der Waals surface area contributed by atoms with Crippen LogP contribution in [-0.4, -0.2) is 50.7 Å². The predicted molar refractivity (Wildman–Crippen MR) is 69.4 cm³/mol. The van der Waals surface area contributed by atoms with E-state index < -0.39 is 30.3 Å². The summed E-state index contributed by atoms with van der Waals surface area (Å²) in [5.41, 5.74) is 0.462. The van der Waals surface area contributed by atoms with E-state index in [1.165, 1.54) is 0 Å². The Bertz CT molecular complexity index is 397. The van der Waals surface area contributed by atoms with E-state index in [2.05, 4.69) is 5.32 Å². The van der Waals surface area contributed by atoms with Crippen molar-refractivity contribution in [3.05, 3.63) is 30.3 Å². The van der Waals surface area contributed by atoms with Gasteiger partial charge in [0.2, 0.25) is 0 Å². The van der Waals surface area contributed by atoms with Gasteiger partial charge in [0.15, 0.2) is 6.10 Å². The highest BCUT2D eigenvalue weighted by Gasteiger charge is 2.33. The summed E-state index contributed by atoms with van der Waals surface area (Å²) >= 11 is 0. The molecule has 19 heavy (non-hydrogen) atoms. The number of aliphatic hydroxyl groups is 4. The molecule has 0 saturated carbocycles. The van der Waals surface area contributed by atoms with E-state index >= 15 is 0 Å². The number of amides is 1. The van der Waals surface area contributed by atoms with Crippen LogP contribution >= 0.6 is 0 Å². The van der Waals surface area contributed by atoms with Crippen LogP contribution in [0.25, 0.3) is 0 Å². The minimum atomic E-state index is -1.82. The van der Waals surface area contributed by atoms with E-state index in [0.717, 1.165) is 0 Å². The second kappa shape index (κ2) is 7.20. The molecule has 6 heteroatoms. The second-order valence-corrected chi connectivity index (χ2v) is 4.26. The Morgan fingerprint density at radius 1 is 1.11 bits per heavy atom. The van der Waals surface area contributed by atoms with E-state index in [1.807, 2.05) is 0 Å². The molecular weight excluding hydrogens is 250 g/mol. The van der Waals surface area contributed by atoms with Gasteiger partial charge in [0.05, 0.1) is 6.10 Å². The Morgan fingerprint density at radius 2 is 1.68 bits per heavy atom. The number of anilines is 1. The number of rotatable bonds is 6. The van der Waals surface area contributed by atoms with Crippen LogP contribution in [-0.2, 0) is 4.79 Å². The Labute approximate surface area is 111 Å². The standard InChI is InChI=1S/C13H19NO5/c1-2-9(15)10(16)11(17)12(18)13(19)14-8-6-4-3-5-7-8/h3-7,9-12,15-18H,2H2,1H3,(H,14,19)/t9-,10-,11+,12-/m1/s1. The summed E-state index contributed by atoms with van der Waals surface area (Å²) in [7, 11) is 0. The lowest BCUT2D eigenvalue weighted by atomic mass is 10.0. The van der Waals surface area contributed by atoms with E-state index in [1.54, 1.807) is 37.3 Å². The van der Waals surface area contributed by atoms with Crippen molar-refractivity contribution in [3.8, 4) is 0 Å². The summed E-state index contributed by atoms with van der Waals surface area (Å²) in [5.74, 6) is -0.846. The molecule has 1 amide bonds. The summed E-state index contributed by atoms with van der Waals surface area (Å²) in [6.45, 7) is 1.61. The molecule has 6 nitrogen and oxygen atoms in total. The summed E-state index contributed by atoms with van der Waals surface area (Å²) in [5, 5.41) is 40.5. The number of hydrogen-bond donors (Lipinski definition) is 5. The first-order chi connectivity index (χ1) is 8.97. The van der Waals surface area contributed by atoms with Crippen LogP contribution in [0.5, 0.6) is 0 Å². The fourth-order valence-corrected chi connectivity index (χ4v) is 1.55. The van der Waals surface area contributed by atoms with Gasteiger partial charge >= 0.3 is 0 Å². The van der Waals surface area contributed by atoms with Crippen LogP contribution in [0.1, 0.15) is 13.3 Å². The minimum Gasteiger partial charge on any atom is -0.390 e. The van der Waals surface area contributed by atoms with Crippen LogP contribution < -0.4 is 5.32 Å². The van der Waals surface area contributed by atoms with E-state index in [4.69, 9.17) is 0 Å². The third-order valence-electron chi connectivity index (χ3n) is 2.80. The lowest BCUT2D eigenvalue weighted by Gasteiger charge is -2.25. The zero-order chi connectivity index (χ0) is 14.4. The molecule has 1 aromatic rings. The maximum Gasteiger partial charge on any atom is 0.256 e. The SMILES string of the molecule is CC[C@@H](O)[C@@H](O)[C@H](O)[C@@H](O)C(=O)Nc1ccccc1. The molecule has 0 unspecified atom stereocenters. The summed E-state index contributed by atoms with van der Waals surface area (Å²) in [6.07, 6.45) is -6.16. The Morgan fingerprint density at radius 3 is 2.21 bits per heavy atom. The molecule has 0 aromatic heterocycles. The van der Waals surface area contributed by atoms with Gasteiger partial charge in [-0.3, -0.25) is 4.79 Å². The van der Waals surface area contributed by atoms with Gasteiger partial charge in [-0.1, -0.05) is 25.1 Å². The quantitative estimate of drug-likeness (QED) is 0.477. The lowest BCUT2D eigenvalue weighted by Crippen LogP contribution is -2.49. The number of aliphatic hydroxyl groups excluding tert-OH is 4. The molecule has 0 heterocycles. The fourth-order valence-electron chi connectivity index (χ4n) is 1.55. The molecule has 0 aliphatic rings. The molecule has 5 N–H and O–H groups in total. The van der Waals surface area contributed by atoms with Gasteiger partial charge in [-0.15, -0.1) is 0 Å². The van der Waals surface area contributed by atoms with Crippen molar-refractivity contribution in [2.45, 2.75) is 37.8 Å². The van der Waals surface area contributed by atoms with Gasteiger partial charge in [-0.05, 0) is 18.6 Å². The molecule has 0 radical (unpaired) electrons. The van der Waals surface area contributed by atoms with Crippen LogP contribution in [0.3, 0.4) is 0 Å². The monoisotopic (exact) mass is 269 g/mol. The van der Waals surface area contributed by atoms with Gasteiger partial charge in [-0.25, -0.2) is 0 Å². The first-order valence-corrected chi connectivity index (χ1v) is 6.05. The highest BCUT2D eigenvalue weighted by Crippen LogP contribution is 2.11. The van der Waals surface area contributed by atoms with E-state index in [9.17, 15) is 25.2 Å². The second-order valence-electron chi connectivity index (χ2n) is 4.26. The van der Waals surface area contributed by atoms with Crippen molar-refractivity contribution in [1.82, 2.24) is 0 Å². The van der Waals surface area contributed by atoms with Crippen molar-refractivity contribution in [3.63, 3.8) is 0 Å². The molecule has 0 spiro atoms. The van der Waals surface area contributed by atoms with Gasteiger partial charge in [0, 0.05) is 5.69 Å². The van der Waals surface area contributed by atoms with Crippen molar-refractivity contribution < 1.29 is 25.2 Å². The number of carbonyl (C=O) groups is 1. The fraction of sp³-hybridized carbons (Fsp3) is 0.462. The summed E-state index contributed by atoms with van der Waals surface area (Å²) < 4.78 is 0. The van der Waals surface area contributed by atoms with Crippen LogP contribution in [0.2, 0.25) is 0 Å². The number of nitrogens with one attached hydrogen (secondary N) is 1. The van der Waals surface area contributed by atoms with Crippen molar-refractivity contribution in [2.75, 3.05) is 5.32 Å². The van der Waals surface area contributed by atoms with Crippen LogP contribution in [0.4, 0.5) is 5.69 Å². The van der Waals surface area contributed by atoms with E-state index in [-0.39, 0.29) is 6.42 Å². The van der Waals surface area contributed by atoms with Gasteiger partial charge < -0.3 is 25.7 Å². The van der Waals surface area contributed by atoms with Crippen LogP contribution in [0.15, 0.2) is 30.3 Å². The molecule has 4 atom stereocenters. The van der Waals surface area contributed by atoms with Crippen molar-refractivity contribution in [2.24, 2.45) is 0 Å². The number of carbonyl (C=O) groups excluding carboxylic acids is 1. The van der Waals surface area contributed by atoms with Crippen molar-refractivity contribution in [1.29, 1.82) is 0 Å². The number of hydrogen-bond acceptors (Lipinski definition) is 5. The highest BCUT2D eigenvalue weighted by molar-refractivity contribution is 5.94. The normalized spacial score (nSPS) is 17.3. The Balaban J connectivity index is 2.61. The first kappa shape index (κ1) is 15.6. The maximum atomic E-state index is 11.7.